The Morgan fingerprint density at radius 1 is 1.31 bits per heavy atom. The molecule has 0 aliphatic carbocycles. The van der Waals surface area contributed by atoms with Crippen molar-refractivity contribution in [2.75, 3.05) is 0 Å². The van der Waals surface area contributed by atoms with E-state index in [1.54, 1.807) is 12.1 Å². The van der Waals surface area contributed by atoms with Crippen molar-refractivity contribution in [2.45, 2.75) is 0 Å². The van der Waals surface area contributed by atoms with Gasteiger partial charge in [0.15, 0.2) is 5.84 Å². The summed E-state index contributed by atoms with van der Waals surface area (Å²) >= 11 is 0. The van der Waals surface area contributed by atoms with E-state index in [0.29, 0.717) is 5.69 Å². The SMILES string of the molecule is NN=C(N)c1cccc(C(N)=O)n1. The van der Waals surface area contributed by atoms with Crippen LogP contribution in [0.1, 0.15) is 16.2 Å². The molecule has 13 heavy (non-hydrogen) atoms. The van der Waals surface area contributed by atoms with Gasteiger partial charge < -0.3 is 17.3 Å². The number of pyridine rings is 1. The van der Waals surface area contributed by atoms with Crippen molar-refractivity contribution in [1.29, 1.82) is 0 Å². The van der Waals surface area contributed by atoms with Crippen molar-refractivity contribution in [1.82, 2.24) is 4.98 Å². The van der Waals surface area contributed by atoms with E-state index >= 15 is 0 Å². The molecular weight excluding hydrogens is 170 g/mol. The summed E-state index contributed by atoms with van der Waals surface area (Å²) in [6, 6.07) is 4.66. The van der Waals surface area contributed by atoms with Crippen LogP contribution in [0.25, 0.3) is 0 Å². The van der Waals surface area contributed by atoms with Crippen LogP contribution in [-0.2, 0) is 0 Å². The van der Waals surface area contributed by atoms with E-state index in [0.717, 1.165) is 0 Å². The van der Waals surface area contributed by atoms with Gasteiger partial charge in [-0.2, -0.15) is 5.10 Å². The summed E-state index contributed by atoms with van der Waals surface area (Å²) in [6.45, 7) is 0. The molecule has 1 rings (SSSR count). The molecular formula is C7H9N5O. The standard InChI is InChI=1S/C7H9N5O/c8-6(12-10)4-2-1-3-5(11-4)7(9)13/h1-3H,10H2,(H2,8,12)(H2,9,13). The minimum Gasteiger partial charge on any atom is -0.380 e. The first kappa shape index (κ1) is 8.98. The molecule has 6 N–H and O–H groups in total. The molecule has 0 saturated carbocycles. The van der Waals surface area contributed by atoms with Crippen LogP contribution in [0, 0.1) is 0 Å². The van der Waals surface area contributed by atoms with Crippen LogP contribution in [0.4, 0.5) is 0 Å². The molecule has 1 aromatic rings. The number of aromatic nitrogens is 1. The first-order valence-electron chi connectivity index (χ1n) is 3.45. The molecule has 68 valence electrons. The molecule has 0 bridgehead atoms. The van der Waals surface area contributed by atoms with Gasteiger partial charge in [-0.25, -0.2) is 4.98 Å². The number of carbonyl (C=O) groups excluding carboxylic acids is 1. The van der Waals surface area contributed by atoms with Gasteiger partial charge in [-0.1, -0.05) is 6.07 Å². The Labute approximate surface area is 74.4 Å². The smallest absolute Gasteiger partial charge is 0.267 e. The minimum atomic E-state index is -0.619. The molecule has 0 aliphatic heterocycles. The Hall–Kier alpha value is -2.11. The van der Waals surface area contributed by atoms with Gasteiger partial charge in [0.25, 0.3) is 5.91 Å². The number of hydrazone groups is 1. The summed E-state index contributed by atoms with van der Waals surface area (Å²) in [4.78, 5) is 14.5. The quantitative estimate of drug-likeness (QED) is 0.227. The lowest BCUT2D eigenvalue weighted by molar-refractivity contribution is 0.0995. The van der Waals surface area contributed by atoms with Crippen LogP contribution in [0.15, 0.2) is 23.3 Å². The van der Waals surface area contributed by atoms with Gasteiger partial charge in [-0.05, 0) is 12.1 Å². The molecule has 0 saturated heterocycles. The summed E-state index contributed by atoms with van der Waals surface area (Å²) in [7, 11) is 0. The largest absolute Gasteiger partial charge is 0.380 e. The van der Waals surface area contributed by atoms with Crippen LogP contribution >= 0.6 is 0 Å². The second kappa shape index (κ2) is 3.53. The highest BCUT2D eigenvalue weighted by molar-refractivity contribution is 5.97. The lowest BCUT2D eigenvalue weighted by Crippen LogP contribution is -2.20. The Bertz CT molecular complexity index is 360. The zero-order valence-electron chi connectivity index (χ0n) is 6.77. The zero-order chi connectivity index (χ0) is 9.84. The molecule has 0 aromatic carbocycles. The minimum absolute atomic E-state index is 0.0584. The second-order valence-corrected chi connectivity index (χ2v) is 2.29. The highest BCUT2D eigenvalue weighted by Gasteiger charge is 2.04. The van der Waals surface area contributed by atoms with Crippen LogP contribution in [0.3, 0.4) is 0 Å². The summed E-state index contributed by atoms with van der Waals surface area (Å²) in [5.41, 5.74) is 10.8. The number of primary amides is 1. The third-order valence-electron chi connectivity index (χ3n) is 1.40. The van der Waals surface area contributed by atoms with Gasteiger partial charge in [-0.15, -0.1) is 0 Å². The van der Waals surface area contributed by atoms with Crippen molar-refractivity contribution in [2.24, 2.45) is 22.4 Å². The van der Waals surface area contributed by atoms with Gasteiger partial charge in [0.1, 0.15) is 11.4 Å². The van der Waals surface area contributed by atoms with Crippen LogP contribution < -0.4 is 17.3 Å². The maximum Gasteiger partial charge on any atom is 0.267 e. The van der Waals surface area contributed by atoms with Gasteiger partial charge in [0.2, 0.25) is 0 Å². The molecule has 0 aliphatic rings. The average molecular weight is 179 g/mol. The van der Waals surface area contributed by atoms with Crippen molar-refractivity contribution >= 4 is 11.7 Å². The van der Waals surface area contributed by atoms with Gasteiger partial charge in [-0.3, -0.25) is 4.79 Å². The van der Waals surface area contributed by atoms with Crippen molar-refractivity contribution < 1.29 is 4.79 Å². The highest BCUT2D eigenvalue weighted by Crippen LogP contribution is 1.97. The topological polar surface area (TPSA) is 120 Å². The first-order chi connectivity index (χ1) is 6.15. The van der Waals surface area contributed by atoms with Crippen molar-refractivity contribution in [3.8, 4) is 0 Å². The normalized spacial score (nSPS) is 11.2. The monoisotopic (exact) mass is 179 g/mol. The van der Waals surface area contributed by atoms with Gasteiger partial charge >= 0.3 is 0 Å². The molecule has 0 fully saturated rings. The number of amidine groups is 1. The third-order valence-corrected chi connectivity index (χ3v) is 1.40. The molecule has 6 heteroatoms. The van der Waals surface area contributed by atoms with E-state index in [2.05, 4.69) is 10.1 Å². The summed E-state index contributed by atoms with van der Waals surface area (Å²) in [6.07, 6.45) is 0. The average Bonchev–Trinajstić information content (AvgIpc) is 2.17. The molecule has 6 nitrogen and oxygen atoms in total. The van der Waals surface area contributed by atoms with Crippen LogP contribution in [-0.4, -0.2) is 16.7 Å². The Kier molecular flexibility index (Phi) is 2.44. The van der Waals surface area contributed by atoms with E-state index in [-0.39, 0.29) is 11.5 Å². The molecule has 1 heterocycles. The highest BCUT2D eigenvalue weighted by atomic mass is 16.1. The third kappa shape index (κ3) is 1.92. The van der Waals surface area contributed by atoms with Gasteiger partial charge in [0, 0.05) is 0 Å². The van der Waals surface area contributed by atoms with E-state index in [4.69, 9.17) is 17.3 Å². The predicted octanol–water partition coefficient (Wildman–Crippen LogP) is -1.24. The summed E-state index contributed by atoms with van der Waals surface area (Å²) in [5, 5.41) is 3.24. The zero-order valence-corrected chi connectivity index (χ0v) is 6.77. The molecule has 0 spiro atoms. The lowest BCUT2D eigenvalue weighted by Gasteiger charge is -1.99. The van der Waals surface area contributed by atoms with Crippen molar-refractivity contribution in [3.63, 3.8) is 0 Å². The van der Waals surface area contributed by atoms with Crippen LogP contribution in [0.2, 0.25) is 0 Å². The predicted molar refractivity (Wildman–Crippen MR) is 47.7 cm³/mol. The number of carbonyl (C=O) groups is 1. The summed E-state index contributed by atoms with van der Waals surface area (Å²) < 4.78 is 0. The molecule has 0 unspecified atom stereocenters. The van der Waals surface area contributed by atoms with E-state index < -0.39 is 5.91 Å². The Morgan fingerprint density at radius 2 is 1.92 bits per heavy atom. The van der Waals surface area contributed by atoms with E-state index in [1.165, 1.54) is 6.07 Å². The number of rotatable bonds is 2. The van der Waals surface area contributed by atoms with Crippen molar-refractivity contribution in [3.05, 3.63) is 29.6 Å². The maximum atomic E-state index is 10.7. The number of nitrogens with zero attached hydrogens (tertiary/aromatic N) is 2. The first-order valence-corrected chi connectivity index (χ1v) is 3.45. The lowest BCUT2D eigenvalue weighted by atomic mass is 10.3. The van der Waals surface area contributed by atoms with Crippen LogP contribution in [0.5, 0.6) is 0 Å². The fourth-order valence-electron chi connectivity index (χ4n) is 0.781. The Balaban J connectivity index is 3.13. The number of nitrogens with two attached hydrogens (primary N) is 3. The fraction of sp³-hybridized carbons (Fsp3) is 0. The molecule has 1 amide bonds. The van der Waals surface area contributed by atoms with Gasteiger partial charge in [0.05, 0.1) is 0 Å². The number of amides is 1. The number of hydrogen-bond acceptors (Lipinski definition) is 4. The fourth-order valence-corrected chi connectivity index (χ4v) is 0.781. The van der Waals surface area contributed by atoms with E-state index in [9.17, 15) is 4.79 Å². The molecule has 0 radical (unpaired) electrons. The maximum absolute atomic E-state index is 10.7. The second-order valence-electron chi connectivity index (χ2n) is 2.29. The van der Waals surface area contributed by atoms with E-state index in [1.807, 2.05) is 0 Å². The Morgan fingerprint density at radius 3 is 2.46 bits per heavy atom. The number of hydrogen-bond donors (Lipinski definition) is 3. The summed E-state index contributed by atoms with van der Waals surface area (Å²) in [5.74, 6) is 4.38. The molecule has 1 aromatic heterocycles. The molecule has 0 atom stereocenters.